The van der Waals surface area contributed by atoms with Crippen molar-refractivity contribution < 1.29 is 4.74 Å². The maximum absolute atomic E-state index is 6.01. The second-order valence-electron chi connectivity index (χ2n) is 4.06. The third kappa shape index (κ3) is 2.97. The van der Waals surface area contributed by atoms with E-state index in [1.165, 1.54) is 0 Å². The van der Waals surface area contributed by atoms with Gasteiger partial charge in [-0.2, -0.15) is 0 Å². The Balaban J connectivity index is 2.35. The van der Waals surface area contributed by atoms with Crippen molar-refractivity contribution in [1.82, 2.24) is 4.98 Å². The van der Waals surface area contributed by atoms with Gasteiger partial charge in [-0.1, -0.05) is 17.7 Å². The number of pyridine rings is 1. The Bertz CT molecular complexity index is 574. The second-order valence-corrected chi connectivity index (χ2v) is 4.47. The van der Waals surface area contributed by atoms with Gasteiger partial charge in [-0.25, -0.2) is 4.98 Å². The normalized spacial score (nSPS) is 10.3. The number of ether oxygens (including phenoxy) is 1. The van der Waals surface area contributed by atoms with Gasteiger partial charge < -0.3 is 15.4 Å². The molecule has 5 heteroatoms. The molecule has 0 atom stereocenters. The fourth-order valence-corrected chi connectivity index (χ4v) is 1.94. The van der Waals surface area contributed by atoms with Gasteiger partial charge in [-0.15, -0.1) is 0 Å². The molecular formula is C14H16ClN3O. The Morgan fingerprint density at radius 3 is 2.79 bits per heavy atom. The zero-order valence-electron chi connectivity index (χ0n) is 10.9. The molecule has 0 bridgehead atoms. The lowest BCUT2D eigenvalue weighted by Crippen LogP contribution is -2.13. The number of hydrogen-bond acceptors (Lipinski definition) is 4. The maximum atomic E-state index is 6.01. The lowest BCUT2D eigenvalue weighted by atomic mass is 10.2. The molecule has 4 nitrogen and oxygen atoms in total. The number of benzene rings is 1. The highest BCUT2D eigenvalue weighted by atomic mass is 35.5. The van der Waals surface area contributed by atoms with Crippen LogP contribution in [-0.4, -0.2) is 19.1 Å². The average molecular weight is 278 g/mol. The lowest BCUT2D eigenvalue weighted by Gasteiger charge is -2.19. The smallest absolute Gasteiger partial charge is 0.133 e. The fraction of sp³-hybridized carbons (Fsp3) is 0.214. The van der Waals surface area contributed by atoms with E-state index in [2.05, 4.69) is 4.98 Å². The summed E-state index contributed by atoms with van der Waals surface area (Å²) in [5, 5.41) is 0.588. The zero-order valence-corrected chi connectivity index (χ0v) is 11.7. The van der Waals surface area contributed by atoms with Gasteiger partial charge in [0.25, 0.3) is 0 Å². The SMILES string of the molecule is COc1cccc(N(C)c2ccc(Cl)c(CN)n2)c1. The molecule has 0 aliphatic heterocycles. The minimum absolute atomic E-state index is 0.318. The van der Waals surface area contributed by atoms with Crippen LogP contribution < -0.4 is 15.4 Å². The first kappa shape index (κ1) is 13.6. The molecule has 0 radical (unpaired) electrons. The summed E-state index contributed by atoms with van der Waals surface area (Å²) in [6.07, 6.45) is 0. The highest BCUT2D eigenvalue weighted by Crippen LogP contribution is 2.27. The van der Waals surface area contributed by atoms with Crippen LogP contribution in [0.5, 0.6) is 5.75 Å². The Kier molecular flexibility index (Phi) is 4.24. The summed E-state index contributed by atoms with van der Waals surface area (Å²) in [5.41, 5.74) is 7.29. The minimum Gasteiger partial charge on any atom is -0.497 e. The second kappa shape index (κ2) is 5.91. The van der Waals surface area contributed by atoms with Gasteiger partial charge in [0.2, 0.25) is 0 Å². The number of nitrogens with two attached hydrogens (primary N) is 1. The summed E-state index contributed by atoms with van der Waals surface area (Å²) in [6, 6.07) is 11.4. The third-order valence-electron chi connectivity index (χ3n) is 2.88. The Morgan fingerprint density at radius 1 is 1.32 bits per heavy atom. The molecule has 0 saturated carbocycles. The Hall–Kier alpha value is -1.78. The quantitative estimate of drug-likeness (QED) is 0.933. The van der Waals surface area contributed by atoms with Crippen molar-refractivity contribution in [3.05, 3.63) is 47.1 Å². The molecule has 0 unspecified atom stereocenters. The molecule has 1 aromatic heterocycles. The maximum Gasteiger partial charge on any atom is 0.133 e. The van der Waals surface area contributed by atoms with E-state index in [0.717, 1.165) is 17.3 Å². The van der Waals surface area contributed by atoms with Crippen LogP contribution in [0.1, 0.15) is 5.69 Å². The lowest BCUT2D eigenvalue weighted by molar-refractivity contribution is 0.415. The molecule has 2 rings (SSSR count). The summed E-state index contributed by atoms with van der Waals surface area (Å²) < 4.78 is 5.22. The first-order valence-electron chi connectivity index (χ1n) is 5.89. The van der Waals surface area contributed by atoms with Gasteiger partial charge in [0.15, 0.2) is 0 Å². The molecule has 1 heterocycles. The number of halogens is 1. The molecule has 2 aromatic rings. The topological polar surface area (TPSA) is 51.4 Å². The molecule has 0 saturated heterocycles. The standard InChI is InChI=1S/C14H16ClN3O/c1-18(10-4-3-5-11(8-10)19-2)14-7-6-12(15)13(9-16)17-14/h3-8H,9,16H2,1-2H3. The van der Waals surface area contributed by atoms with Gasteiger partial charge in [0, 0.05) is 25.3 Å². The van der Waals surface area contributed by atoms with Crippen molar-refractivity contribution in [2.24, 2.45) is 5.73 Å². The number of methoxy groups -OCH3 is 1. The van der Waals surface area contributed by atoms with E-state index in [0.29, 0.717) is 17.3 Å². The highest BCUT2D eigenvalue weighted by Gasteiger charge is 2.09. The van der Waals surface area contributed by atoms with E-state index in [4.69, 9.17) is 22.1 Å². The van der Waals surface area contributed by atoms with Crippen LogP contribution in [0.3, 0.4) is 0 Å². The number of anilines is 2. The van der Waals surface area contributed by atoms with Gasteiger partial charge >= 0.3 is 0 Å². The van der Waals surface area contributed by atoms with Crippen molar-refractivity contribution in [3.63, 3.8) is 0 Å². The Labute approximate surface area is 117 Å². The number of aromatic nitrogens is 1. The highest BCUT2D eigenvalue weighted by molar-refractivity contribution is 6.31. The van der Waals surface area contributed by atoms with Crippen LogP contribution in [0, 0.1) is 0 Å². The van der Waals surface area contributed by atoms with Crippen LogP contribution in [0.15, 0.2) is 36.4 Å². The average Bonchev–Trinajstić information content (AvgIpc) is 2.47. The molecule has 19 heavy (non-hydrogen) atoms. The van der Waals surface area contributed by atoms with E-state index in [1.807, 2.05) is 48.3 Å². The van der Waals surface area contributed by atoms with Gasteiger partial charge in [-0.05, 0) is 24.3 Å². The minimum atomic E-state index is 0.318. The predicted octanol–water partition coefficient (Wildman–Crippen LogP) is 2.97. The largest absolute Gasteiger partial charge is 0.497 e. The number of rotatable bonds is 4. The van der Waals surface area contributed by atoms with Crippen LogP contribution in [0.25, 0.3) is 0 Å². The molecule has 2 N–H and O–H groups in total. The van der Waals surface area contributed by atoms with Crippen LogP contribution in [0.2, 0.25) is 5.02 Å². The summed E-state index contributed by atoms with van der Waals surface area (Å²) >= 11 is 6.01. The van der Waals surface area contributed by atoms with Crippen molar-refractivity contribution >= 4 is 23.1 Å². The first-order valence-corrected chi connectivity index (χ1v) is 6.26. The summed E-state index contributed by atoms with van der Waals surface area (Å²) in [7, 11) is 3.58. The third-order valence-corrected chi connectivity index (χ3v) is 3.23. The summed E-state index contributed by atoms with van der Waals surface area (Å²) in [4.78, 5) is 6.41. The molecule has 0 fully saturated rings. The molecule has 0 spiro atoms. The van der Waals surface area contributed by atoms with Crippen LogP contribution in [-0.2, 0) is 6.54 Å². The first-order chi connectivity index (χ1) is 9.15. The van der Waals surface area contributed by atoms with E-state index >= 15 is 0 Å². The van der Waals surface area contributed by atoms with Gasteiger partial charge in [0.1, 0.15) is 11.6 Å². The molecular weight excluding hydrogens is 262 g/mol. The Morgan fingerprint density at radius 2 is 2.11 bits per heavy atom. The van der Waals surface area contributed by atoms with E-state index in [9.17, 15) is 0 Å². The van der Waals surface area contributed by atoms with Gasteiger partial charge in [-0.3, -0.25) is 0 Å². The molecule has 0 amide bonds. The molecule has 0 aliphatic rings. The monoisotopic (exact) mass is 277 g/mol. The van der Waals surface area contributed by atoms with E-state index in [1.54, 1.807) is 7.11 Å². The van der Waals surface area contributed by atoms with Gasteiger partial charge in [0.05, 0.1) is 17.8 Å². The van der Waals surface area contributed by atoms with Crippen LogP contribution >= 0.6 is 11.6 Å². The van der Waals surface area contributed by atoms with Crippen molar-refractivity contribution in [2.75, 3.05) is 19.1 Å². The van der Waals surface area contributed by atoms with E-state index < -0.39 is 0 Å². The van der Waals surface area contributed by atoms with Crippen molar-refractivity contribution in [2.45, 2.75) is 6.54 Å². The zero-order chi connectivity index (χ0) is 13.8. The fourth-order valence-electron chi connectivity index (χ4n) is 1.75. The van der Waals surface area contributed by atoms with Crippen molar-refractivity contribution in [3.8, 4) is 5.75 Å². The summed E-state index contributed by atoms with van der Waals surface area (Å²) in [6.45, 7) is 0.318. The number of nitrogens with zero attached hydrogens (tertiary/aromatic N) is 2. The van der Waals surface area contributed by atoms with Crippen molar-refractivity contribution in [1.29, 1.82) is 0 Å². The summed E-state index contributed by atoms with van der Waals surface area (Å²) in [5.74, 6) is 1.59. The molecule has 0 aliphatic carbocycles. The van der Waals surface area contributed by atoms with Crippen LogP contribution in [0.4, 0.5) is 11.5 Å². The predicted molar refractivity (Wildman–Crippen MR) is 78.2 cm³/mol. The van der Waals surface area contributed by atoms with E-state index in [-0.39, 0.29) is 0 Å². The molecule has 100 valence electrons. The number of hydrogen-bond donors (Lipinski definition) is 1. The molecule has 1 aromatic carbocycles.